The Labute approximate surface area is 132 Å². The number of nitrogens with zero attached hydrogens (tertiary/aromatic N) is 1. The molecule has 0 aliphatic carbocycles. The van der Waals surface area contributed by atoms with E-state index < -0.39 is 15.8 Å². The van der Waals surface area contributed by atoms with Crippen LogP contribution in [-0.2, 0) is 19.5 Å². The van der Waals surface area contributed by atoms with Crippen molar-refractivity contribution in [1.29, 1.82) is 0 Å². The van der Waals surface area contributed by atoms with Crippen molar-refractivity contribution in [1.82, 2.24) is 4.31 Å². The quantitative estimate of drug-likeness (QED) is 0.791. The number of hydrogen-bond acceptors (Lipinski definition) is 5. The zero-order valence-electron chi connectivity index (χ0n) is 11.4. The van der Waals surface area contributed by atoms with Crippen LogP contribution in [0.15, 0.2) is 27.6 Å². The molecular weight excluding hydrogens is 360 g/mol. The predicted molar refractivity (Wildman–Crippen MR) is 81.2 cm³/mol. The molecule has 6 nitrogen and oxygen atoms in total. The lowest BCUT2D eigenvalue weighted by Crippen LogP contribution is -2.47. The van der Waals surface area contributed by atoms with Crippen molar-refractivity contribution in [3.05, 3.63) is 22.7 Å². The van der Waals surface area contributed by atoms with E-state index in [-0.39, 0.29) is 10.6 Å². The van der Waals surface area contributed by atoms with Gasteiger partial charge in [-0.25, -0.2) is 8.42 Å². The molecule has 2 heterocycles. The van der Waals surface area contributed by atoms with E-state index in [0.29, 0.717) is 39.1 Å². The average molecular weight is 377 g/mol. The van der Waals surface area contributed by atoms with E-state index >= 15 is 0 Å². The highest BCUT2D eigenvalue weighted by Gasteiger charge is 2.42. The maximum absolute atomic E-state index is 12.7. The van der Waals surface area contributed by atoms with Gasteiger partial charge in [-0.2, -0.15) is 4.31 Å². The molecular formula is C13H17BrN2O4S. The Hall–Kier alpha value is -0.670. The van der Waals surface area contributed by atoms with Crippen molar-refractivity contribution in [3.63, 3.8) is 0 Å². The van der Waals surface area contributed by atoms with Crippen molar-refractivity contribution in [3.8, 4) is 0 Å². The number of piperidine rings is 1. The van der Waals surface area contributed by atoms with Crippen LogP contribution >= 0.6 is 15.9 Å². The number of rotatable bonds is 2. The lowest BCUT2D eigenvalue weighted by atomic mass is 10.1. The lowest BCUT2D eigenvalue weighted by Gasteiger charge is -2.36. The Morgan fingerprint density at radius 1 is 1.19 bits per heavy atom. The zero-order valence-corrected chi connectivity index (χ0v) is 13.8. The van der Waals surface area contributed by atoms with Crippen molar-refractivity contribution < 1.29 is 17.9 Å². The molecule has 0 bridgehead atoms. The fourth-order valence-corrected chi connectivity index (χ4v) is 4.66. The molecule has 0 saturated carbocycles. The molecule has 2 aliphatic heterocycles. The van der Waals surface area contributed by atoms with Crippen LogP contribution < -0.4 is 5.73 Å². The highest BCUT2D eigenvalue weighted by atomic mass is 79.9. The van der Waals surface area contributed by atoms with Gasteiger partial charge in [0.25, 0.3) is 0 Å². The highest BCUT2D eigenvalue weighted by Crippen LogP contribution is 2.34. The minimum Gasteiger partial charge on any atom is -0.398 e. The molecule has 2 saturated heterocycles. The molecule has 0 radical (unpaired) electrons. The van der Waals surface area contributed by atoms with E-state index in [1.807, 2.05) is 0 Å². The highest BCUT2D eigenvalue weighted by molar-refractivity contribution is 9.10. The van der Waals surface area contributed by atoms with E-state index in [1.165, 1.54) is 10.4 Å². The minimum absolute atomic E-state index is 0.148. The smallest absolute Gasteiger partial charge is 0.245 e. The summed E-state index contributed by atoms with van der Waals surface area (Å²) in [5, 5.41) is 0. The van der Waals surface area contributed by atoms with Gasteiger partial charge in [-0.3, -0.25) is 0 Å². The second kappa shape index (κ2) is 5.51. The Morgan fingerprint density at radius 3 is 2.38 bits per heavy atom. The zero-order chi connectivity index (χ0) is 15.1. The normalized spacial score (nSPS) is 22.7. The first-order chi connectivity index (χ1) is 9.93. The van der Waals surface area contributed by atoms with Gasteiger partial charge in [0.1, 0.15) is 4.90 Å². The fourth-order valence-electron chi connectivity index (χ4n) is 2.75. The summed E-state index contributed by atoms with van der Waals surface area (Å²) in [4.78, 5) is 0.148. The van der Waals surface area contributed by atoms with Crippen molar-refractivity contribution in [2.24, 2.45) is 0 Å². The van der Waals surface area contributed by atoms with Crippen LogP contribution in [0.3, 0.4) is 0 Å². The minimum atomic E-state index is -3.58. The van der Waals surface area contributed by atoms with Gasteiger partial charge in [-0.05, 0) is 18.2 Å². The maximum Gasteiger partial charge on any atom is 0.245 e. The Kier molecular flexibility index (Phi) is 4.00. The summed E-state index contributed by atoms with van der Waals surface area (Å²) in [7, 11) is -3.58. The second-order valence-electron chi connectivity index (χ2n) is 5.19. The number of benzene rings is 1. The summed E-state index contributed by atoms with van der Waals surface area (Å²) in [6.07, 6.45) is 1.09. The first-order valence-electron chi connectivity index (χ1n) is 6.76. The summed E-state index contributed by atoms with van der Waals surface area (Å²) in [5.41, 5.74) is 6.09. The van der Waals surface area contributed by atoms with E-state index in [4.69, 9.17) is 15.2 Å². The van der Waals surface area contributed by atoms with Crippen LogP contribution in [0.5, 0.6) is 0 Å². The van der Waals surface area contributed by atoms with Crippen LogP contribution in [0.2, 0.25) is 0 Å². The third-order valence-electron chi connectivity index (χ3n) is 3.89. The van der Waals surface area contributed by atoms with E-state index in [2.05, 4.69) is 15.9 Å². The molecule has 0 unspecified atom stereocenters. The van der Waals surface area contributed by atoms with Gasteiger partial charge >= 0.3 is 0 Å². The number of halogens is 1. The fraction of sp³-hybridized carbons (Fsp3) is 0.538. The van der Waals surface area contributed by atoms with E-state index in [1.54, 1.807) is 12.1 Å². The summed E-state index contributed by atoms with van der Waals surface area (Å²) >= 11 is 3.28. The average Bonchev–Trinajstić information content (AvgIpc) is 2.87. The topological polar surface area (TPSA) is 81.9 Å². The first kappa shape index (κ1) is 15.2. The van der Waals surface area contributed by atoms with Gasteiger partial charge < -0.3 is 15.2 Å². The van der Waals surface area contributed by atoms with Crippen LogP contribution in [0, 0.1) is 0 Å². The van der Waals surface area contributed by atoms with Crippen LogP contribution in [0.25, 0.3) is 0 Å². The molecule has 1 aromatic rings. The molecule has 2 aliphatic rings. The Bertz CT molecular complexity index is 634. The molecule has 0 amide bonds. The van der Waals surface area contributed by atoms with Crippen LogP contribution in [-0.4, -0.2) is 44.8 Å². The first-order valence-corrected chi connectivity index (χ1v) is 8.99. The van der Waals surface area contributed by atoms with Gasteiger partial charge in [0.15, 0.2) is 5.79 Å². The number of ether oxygens (including phenoxy) is 2. The van der Waals surface area contributed by atoms with Crippen LogP contribution in [0.4, 0.5) is 5.69 Å². The van der Waals surface area contributed by atoms with Gasteiger partial charge in [-0.1, -0.05) is 15.9 Å². The number of anilines is 1. The lowest BCUT2D eigenvalue weighted by molar-refractivity contribution is -0.179. The number of nitrogen functional groups attached to an aromatic ring is 1. The molecule has 1 aromatic carbocycles. The van der Waals surface area contributed by atoms with Gasteiger partial charge in [0.2, 0.25) is 10.0 Å². The second-order valence-corrected chi connectivity index (χ2v) is 8.02. The van der Waals surface area contributed by atoms with E-state index in [0.717, 1.165) is 4.47 Å². The van der Waals surface area contributed by atoms with Crippen molar-refractivity contribution >= 4 is 31.6 Å². The molecule has 21 heavy (non-hydrogen) atoms. The van der Waals surface area contributed by atoms with Gasteiger partial charge in [-0.15, -0.1) is 0 Å². The summed E-state index contributed by atoms with van der Waals surface area (Å²) in [6, 6.07) is 4.81. The SMILES string of the molecule is Nc1cc(Br)ccc1S(=O)(=O)N1CCC2(CC1)OCCO2. The third-order valence-corrected chi connectivity index (χ3v) is 6.35. The van der Waals surface area contributed by atoms with Gasteiger partial charge in [0, 0.05) is 30.4 Å². The summed E-state index contributed by atoms with van der Waals surface area (Å²) < 4.78 is 38.8. The third kappa shape index (κ3) is 2.83. The predicted octanol–water partition coefficient (Wildman–Crippen LogP) is 1.56. The molecule has 0 atom stereocenters. The number of sulfonamides is 1. The number of hydrogen-bond donors (Lipinski definition) is 1. The monoisotopic (exact) mass is 376 g/mol. The van der Waals surface area contributed by atoms with E-state index in [9.17, 15) is 8.42 Å². The summed E-state index contributed by atoms with van der Waals surface area (Å²) in [5.74, 6) is -0.586. The molecule has 8 heteroatoms. The van der Waals surface area contributed by atoms with Crippen molar-refractivity contribution in [2.45, 2.75) is 23.5 Å². The standard InChI is InChI=1S/C13H17BrN2O4S/c14-10-1-2-12(11(15)9-10)21(17,18)16-5-3-13(4-6-16)19-7-8-20-13/h1-2,9H,3-8,15H2. The molecule has 1 spiro atoms. The van der Waals surface area contributed by atoms with Crippen LogP contribution in [0.1, 0.15) is 12.8 Å². The largest absolute Gasteiger partial charge is 0.398 e. The van der Waals surface area contributed by atoms with Crippen molar-refractivity contribution in [2.75, 3.05) is 32.0 Å². The molecule has 2 fully saturated rings. The Balaban J connectivity index is 1.80. The molecule has 3 rings (SSSR count). The molecule has 0 aromatic heterocycles. The molecule has 2 N–H and O–H groups in total. The maximum atomic E-state index is 12.7. The summed E-state index contributed by atoms with van der Waals surface area (Å²) in [6.45, 7) is 1.90. The van der Waals surface area contributed by atoms with Gasteiger partial charge in [0.05, 0.1) is 18.9 Å². The molecule has 116 valence electrons. The Morgan fingerprint density at radius 2 is 1.81 bits per heavy atom. The number of nitrogens with two attached hydrogens (primary N) is 1.